The van der Waals surface area contributed by atoms with Crippen molar-refractivity contribution in [1.29, 1.82) is 0 Å². The molecular weight excluding hydrogens is 516 g/mol. The number of nitrogens with zero attached hydrogens (tertiary/aromatic N) is 2. The van der Waals surface area contributed by atoms with Gasteiger partial charge in [-0.1, -0.05) is 6.07 Å². The maximum atomic E-state index is 13.2. The summed E-state index contributed by atoms with van der Waals surface area (Å²) in [5, 5.41) is 9.49. The number of aliphatic hydroxyl groups is 1. The van der Waals surface area contributed by atoms with Crippen LogP contribution in [0.1, 0.15) is 17.9 Å². The number of aliphatic hydroxyl groups excluding tert-OH is 1. The quantitative estimate of drug-likeness (QED) is 0.449. The number of rotatable bonds is 11. The van der Waals surface area contributed by atoms with Gasteiger partial charge in [0.15, 0.2) is 17.3 Å². The Morgan fingerprint density at radius 2 is 1.82 bits per heavy atom. The number of hydrogen-bond donors (Lipinski definition) is 1. The van der Waals surface area contributed by atoms with E-state index in [-0.39, 0.29) is 55.6 Å². The van der Waals surface area contributed by atoms with Crippen molar-refractivity contribution in [2.45, 2.75) is 23.5 Å². The number of hydrogen-bond acceptors (Lipinski definition) is 9. The molecule has 0 unspecified atom stereocenters. The van der Waals surface area contributed by atoms with Crippen LogP contribution in [0, 0.1) is 0 Å². The largest absolute Gasteiger partial charge is 0.497 e. The Hall–Kier alpha value is -3.32. The minimum Gasteiger partial charge on any atom is -0.497 e. The van der Waals surface area contributed by atoms with Gasteiger partial charge < -0.3 is 33.7 Å². The second-order valence-corrected chi connectivity index (χ2v) is 10.8. The average Bonchev–Trinajstić information content (AvgIpc) is 3.40. The lowest BCUT2D eigenvalue weighted by Crippen LogP contribution is -2.38. The number of fused-ring (bicyclic) bond motifs is 1. The molecule has 0 aromatic heterocycles. The SMILES string of the molecule is COc1ccc(S(=O)(=O)N(CCO)CCO[C@@H]2C[C@H](c3ccc4c(c3)OCO4)C=C(C(=O)N(C)C)O2)cc1. The van der Waals surface area contributed by atoms with E-state index in [1.807, 2.05) is 18.2 Å². The maximum absolute atomic E-state index is 13.2. The molecule has 1 amide bonds. The number of benzene rings is 2. The molecule has 4 rings (SSSR count). The molecule has 0 fully saturated rings. The summed E-state index contributed by atoms with van der Waals surface area (Å²) in [7, 11) is 0.866. The number of methoxy groups -OCH3 is 1. The molecule has 0 spiro atoms. The van der Waals surface area contributed by atoms with Gasteiger partial charge in [0.2, 0.25) is 23.1 Å². The van der Waals surface area contributed by atoms with Crippen LogP contribution in [0.2, 0.25) is 0 Å². The highest BCUT2D eigenvalue weighted by atomic mass is 32.2. The monoisotopic (exact) mass is 548 g/mol. The van der Waals surface area contributed by atoms with E-state index in [2.05, 4.69) is 0 Å². The van der Waals surface area contributed by atoms with E-state index in [1.165, 1.54) is 24.1 Å². The highest BCUT2D eigenvalue weighted by molar-refractivity contribution is 7.89. The van der Waals surface area contributed by atoms with Gasteiger partial charge in [-0.15, -0.1) is 0 Å². The molecule has 0 bridgehead atoms. The lowest BCUT2D eigenvalue weighted by Gasteiger charge is -2.31. The second-order valence-electron chi connectivity index (χ2n) is 8.91. The van der Waals surface area contributed by atoms with E-state index in [0.717, 1.165) is 9.87 Å². The Bertz CT molecular complexity index is 1260. The molecule has 11 nitrogen and oxygen atoms in total. The summed E-state index contributed by atoms with van der Waals surface area (Å²) >= 11 is 0. The highest BCUT2D eigenvalue weighted by Gasteiger charge is 2.31. The fraction of sp³-hybridized carbons (Fsp3) is 0.423. The molecule has 206 valence electrons. The minimum absolute atomic E-state index is 0.0165. The molecule has 0 aliphatic carbocycles. The molecule has 0 radical (unpaired) electrons. The molecule has 2 heterocycles. The topological polar surface area (TPSA) is 124 Å². The Morgan fingerprint density at radius 1 is 1.08 bits per heavy atom. The third kappa shape index (κ3) is 6.21. The van der Waals surface area contributed by atoms with Crippen LogP contribution in [0.4, 0.5) is 0 Å². The first kappa shape index (κ1) is 27.7. The summed E-state index contributed by atoms with van der Waals surface area (Å²) in [6.07, 6.45) is 1.36. The van der Waals surface area contributed by atoms with E-state index >= 15 is 0 Å². The summed E-state index contributed by atoms with van der Waals surface area (Å²) in [5.74, 6) is 1.44. The molecule has 38 heavy (non-hydrogen) atoms. The molecule has 0 saturated carbocycles. The number of carbonyl (C=O) groups is 1. The first-order chi connectivity index (χ1) is 18.2. The van der Waals surface area contributed by atoms with Crippen LogP contribution in [0.15, 0.2) is 59.2 Å². The average molecular weight is 549 g/mol. The van der Waals surface area contributed by atoms with Gasteiger partial charge in [0.25, 0.3) is 5.91 Å². The van der Waals surface area contributed by atoms with Crippen LogP contribution in [0.25, 0.3) is 0 Å². The van der Waals surface area contributed by atoms with Crippen LogP contribution in [-0.2, 0) is 24.3 Å². The lowest BCUT2D eigenvalue weighted by molar-refractivity contribution is -0.151. The van der Waals surface area contributed by atoms with Crippen LogP contribution in [0.5, 0.6) is 17.2 Å². The maximum Gasteiger partial charge on any atom is 0.288 e. The zero-order valence-electron chi connectivity index (χ0n) is 21.5. The summed E-state index contributed by atoms with van der Waals surface area (Å²) in [6, 6.07) is 11.6. The second kappa shape index (κ2) is 12.0. The third-order valence-corrected chi connectivity index (χ3v) is 8.10. The number of likely N-dealkylation sites (N-methyl/N-ethyl adjacent to an activating group) is 1. The summed E-state index contributed by atoms with van der Waals surface area (Å²) in [4.78, 5) is 14.2. The molecule has 2 atom stereocenters. The Labute approximate surface area is 222 Å². The summed E-state index contributed by atoms with van der Waals surface area (Å²) in [5.41, 5.74) is 0.902. The number of allylic oxidation sites excluding steroid dienone is 1. The van der Waals surface area contributed by atoms with Gasteiger partial charge in [0, 0.05) is 39.5 Å². The van der Waals surface area contributed by atoms with Crippen molar-refractivity contribution in [3.63, 3.8) is 0 Å². The van der Waals surface area contributed by atoms with Crippen molar-refractivity contribution in [2.24, 2.45) is 0 Å². The van der Waals surface area contributed by atoms with Crippen LogP contribution >= 0.6 is 0 Å². The smallest absolute Gasteiger partial charge is 0.288 e. The molecular formula is C26H32N2O9S. The molecule has 2 aromatic carbocycles. The van der Waals surface area contributed by atoms with Gasteiger partial charge in [0.05, 0.1) is 25.2 Å². The lowest BCUT2D eigenvalue weighted by atomic mass is 9.92. The van der Waals surface area contributed by atoms with Crippen molar-refractivity contribution in [3.8, 4) is 17.2 Å². The fourth-order valence-corrected chi connectivity index (χ4v) is 5.57. The van der Waals surface area contributed by atoms with Gasteiger partial charge in [-0.2, -0.15) is 4.31 Å². The van der Waals surface area contributed by atoms with Crippen molar-refractivity contribution in [2.75, 3.05) is 54.3 Å². The molecule has 1 N–H and O–H groups in total. The van der Waals surface area contributed by atoms with Crippen molar-refractivity contribution in [3.05, 3.63) is 59.9 Å². The molecule has 2 aliphatic rings. The molecule has 0 saturated heterocycles. The standard InChI is InChI=1S/C26H32N2O9S/c1-27(2)26(30)24-15-19(18-4-9-22-23(14-18)36-17-35-22)16-25(37-24)34-13-11-28(10-12-29)38(31,32)21-7-5-20(33-3)6-8-21/h4-9,14-15,19,25,29H,10-13,16-17H2,1-3H3/t19-,25+/m1/s1. The van der Waals surface area contributed by atoms with Crippen molar-refractivity contribution < 1.29 is 42.0 Å². The summed E-state index contributed by atoms with van der Waals surface area (Å²) < 4.78 is 55.2. The van der Waals surface area contributed by atoms with E-state index < -0.39 is 16.3 Å². The number of ether oxygens (including phenoxy) is 5. The van der Waals surface area contributed by atoms with E-state index in [1.54, 1.807) is 32.3 Å². The van der Waals surface area contributed by atoms with Gasteiger partial charge in [0.1, 0.15) is 5.75 Å². The Kier molecular flexibility index (Phi) is 8.77. The Morgan fingerprint density at radius 3 is 2.50 bits per heavy atom. The molecule has 12 heteroatoms. The van der Waals surface area contributed by atoms with Crippen LogP contribution in [-0.4, -0.2) is 89.2 Å². The number of amides is 1. The van der Waals surface area contributed by atoms with Gasteiger partial charge in [-0.05, 0) is 48.0 Å². The third-order valence-electron chi connectivity index (χ3n) is 6.19. The van der Waals surface area contributed by atoms with Crippen molar-refractivity contribution in [1.82, 2.24) is 9.21 Å². The number of carbonyl (C=O) groups excluding carboxylic acids is 1. The van der Waals surface area contributed by atoms with Crippen molar-refractivity contribution >= 4 is 15.9 Å². The predicted molar refractivity (Wildman–Crippen MR) is 136 cm³/mol. The van der Waals surface area contributed by atoms with Crippen LogP contribution < -0.4 is 14.2 Å². The predicted octanol–water partition coefficient (Wildman–Crippen LogP) is 1.93. The zero-order chi connectivity index (χ0) is 27.3. The van der Waals surface area contributed by atoms with Gasteiger partial charge in [-0.3, -0.25) is 4.79 Å². The molecule has 2 aliphatic heterocycles. The first-order valence-electron chi connectivity index (χ1n) is 12.1. The summed E-state index contributed by atoms with van der Waals surface area (Å²) in [6.45, 7) is -0.344. The van der Waals surface area contributed by atoms with E-state index in [9.17, 15) is 18.3 Å². The number of sulfonamides is 1. The van der Waals surface area contributed by atoms with Crippen LogP contribution in [0.3, 0.4) is 0 Å². The zero-order valence-corrected chi connectivity index (χ0v) is 22.3. The van der Waals surface area contributed by atoms with Gasteiger partial charge >= 0.3 is 0 Å². The Balaban J connectivity index is 1.46. The van der Waals surface area contributed by atoms with E-state index in [4.69, 9.17) is 23.7 Å². The highest BCUT2D eigenvalue weighted by Crippen LogP contribution is 2.38. The first-order valence-corrected chi connectivity index (χ1v) is 13.5. The van der Waals surface area contributed by atoms with Gasteiger partial charge in [-0.25, -0.2) is 8.42 Å². The minimum atomic E-state index is -3.89. The normalized spacial score (nSPS) is 18.6. The van der Waals surface area contributed by atoms with E-state index in [0.29, 0.717) is 23.7 Å². The fourth-order valence-electron chi connectivity index (χ4n) is 4.15. The molecule has 2 aromatic rings.